The normalized spacial score (nSPS) is 13.7. The Morgan fingerprint density at radius 3 is 2.24 bits per heavy atom. The molecule has 2 aromatic carbocycles. The number of thioether (sulfide) groups is 1. The number of amides is 2. The minimum atomic E-state index is -0.353. The topological polar surface area (TPSA) is 66.4 Å². The molecule has 0 saturated heterocycles. The summed E-state index contributed by atoms with van der Waals surface area (Å²) in [4.78, 5) is 39.8. The number of likely N-dealkylation sites (N-methyl/N-ethyl adjacent to an activating group) is 1. The van der Waals surface area contributed by atoms with E-state index in [4.69, 9.17) is 11.6 Å². The standard InChI is InChI=1S/C26H25ClN4O2S/c1-5-30(21-8-6-7-16(2)13-21)22-23(34-26-28-17(3)14-18(4)29-26)25(33)31(24(22)32)15-19-9-11-20(27)12-10-19/h6-14H,5,15H2,1-4H3. The summed E-state index contributed by atoms with van der Waals surface area (Å²) in [5, 5.41) is 1.04. The lowest BCUT2D eigenvalue weighted by molar-refractivity contribution is -0.138. The first-order valence-corrected chi connectivity index (χ1v) is 12.2. The molecule has 2 amide bonds. The maximum Gasteiger partial charge on any atom is 0.279 e. The van der Waals surface area contributed by atoms with Crippen molar-refractivity contribution >= 4 is 40.9 Å². The Kier molecular flexibility index (Phi) is 7.05. The van der Waals surface area contributed by atoms with E-state index >= 15 is 0 Å². The number of imide groups is 1. The molecular weight excluding hydrogens is 468 g/mol. The molecule has 1 aliphatic rings. The molecule has 1 aliphatic heterocycles. The average molecular weight is 493 g/mol. The molecule has 0 spiro atoms. The Labute approximate surface area is 208 Å². The molecule has 0 bridgehead atoms. The molecule has 0 saturated carbocycles. The number of nitrogens with zero attached hydrogens (tertiary/aromatic N) is 4. The van der Waals surface area contributed by atoms with Crippen molar-refractivity contribution in [3.63, 3.8) is 0 Å². The third-order valence-electron chi connectivity index (χ3n) is 5.41. The van der Waals surface area contributed by atoms with Crippen molar-refractivity contribution in [2.75, 3.05) is 11.4 Å². The first kappa shape index (κ1) is 24.0. The second kappa shape index (κ2) is 9.99. The highest BCUT2D eigenvalue weighted by Gasteiger charge is 2.42. The molecule has 174 valence electrons. The smallest absolute Gasteiger partial charge is 0.279 e. The number of aryl methyl sites for hydroxylation is 3. The predicted octanol–water partition coefficient (Wildman–Crippen LogP) is 5.45. The molecule has 34 heavy (non-hydrogen) atoms. The number of carbonyl (C=O) groups excluding carboxylic acids is 2. The van der Waals surface area contributed by atoms with E-state index in [0.717, 1.165) is 40.0 Å². The molecule has 0 N–H and O–H groups in total. The second-order valence-corrected chi connectivity index (χ2v) is 9.53. The molecule has 3 aromatic rings. The number of anilines is 1. The van der Waals surface area contributed by atoms with Gasteiger partial charge in [0.05, 0.1) is 6.54 Å². The Bertz CT molecular complexity index is 1270. The number of benzene rings is 2. The minimum absolute atomic E-state index is 0.154. The minimum Gasteiger partial charge on any atom is -0.336 e. The highest BCUT2D eigenvalue weighted by atomic mass is 35.5. The van der Waals surface area contributed by atoms with Crippen molar-refractivity contribution in [1.82, 2.24) is 14.9 Å². The van der Waals surface area contributed by atoms with Crippen molar-refractivity contribution in [3.05, 3.63) is 92.7 Å². The van der Waals surface area contributed by atoms with Gasteiger partial charge in [-0.25, -0.2) is 9.97 Å². The lowest BCUT2D eigenvalue weighted by atomic mass is 10.2. The summed E-state index contributed by atoms with van der Waals surface area (Å²) < 4.78 is 0. The average Bonchev–Trinajstić information content (AvgIpc) is 3.00. The van der Waals surface area contributed by atoms with Crippen LogP contribution in [0.3, 0.4) is 0 Å². The summed E-state index contributed by atoms with van der Waals surface area (Å²) in [5.41, 5.74) is 4.69. The molecule has 4 rings (SSSR count). The number of rotatable bonds is 7. The van der Waals surface area contributed by atoms with E-state index in [1.54, 1.807) is 12.1 Å². The number of hydrogen-bond donors (Lipinski definition) is 0. The highest BCUT2D eigenvalue weighted by Crippen LogP contribution is 2.38. The molecule has 0 aliphatic carbocycles. The van der Waals surface area contributed by atoms with Crippen LogP contribution in [0.25, 0.3) is 0 Å². The van der Waals surface area contributed by atoms with Gasteiger partial charge in [-0.1, -0.05) is 35.9 Å². The summed E-state index contributed by atoms with van der Waals surface area (Å²) in [5.74, 6) is -0.691. The molecule has 8 heteroatoms. The third-order valence-corrected chi connectivity index (χ3v) is 6.60. The molecule has 1 aromatic heterocycles. The maximum absolute atomic E-state index is 13.7. The van der Waals surface area contributed by atoms with E-state index in [-0.39, 0.29) is 18.4 Å². The Morgan fingerprint density at radius 1 is 0.941 bits per heavy atom. The van der Waals surface area contributed by atoms with Crippen LogP contribution in [0.1, 0.15) is 29.4 Å². The zero-order valence-corrected chi connectivity index (χ0v) is 21.1. The van der Waals surface area contributed by atoms with E-state index < -0.39 is 0 Å². The highest BCUT2D eigenvalue weighted by molar-refractivity contribution is 8.04. The Balaban J connectivity index is 1.78. The molecule has 0 unspecified atom stereocenters. The largest absolute Gasteiger partial charge is 0.336 e. The van der Waals surface area contributed by atoms with Gasteiger partial charge in [-0.05, 0) is 80.9 Å². The van der Waals surface area contributed by atoms with Gasteiger partial charge < -0.3 is 4.90 Å². The van der Waals surface area contributed by atoms with Crippen LogP contribution < -0.4 is 4.90 Å². The van der Waals surface area contributed by atoms with Gasteiger partial charge in [0.2, 0.25) is 0 Å². The predicted molar refractivity (Wildman–Crippen MR) is 136 cm³/mol. The fourth-order valence-corrected chi connectivity index (χ4v) is 5.06. The number of halogens is 1. The van der Waals surface area contributed by atoms with E-state index in [9.17, 15) is 9.59 Å². The Hall–Kier alpha value is -3.16. The SMILES string of the molecule is CCN(C1=C(Sc2nc(C)cc(C)n2)C(=O)N(Cc2ccc(Cl)cc2)C1=O)c1cccc(C)c1. The van der Waals surface area contributed by atoms with Crippen molar-refractivity contribution in [3.8, 4) is 0 Å². The molecule has 2 heterocycles. The van der Waals surface area contributed by atoms with Crippen LogP contribution in [-0.2, 0) is 16.1 Å². The van der Waals surface area contributed by atoms with Crippen molar-refractivity contribution in [1.29, 1.82) is 0 Å². The summed E-state index contributed by atoms with van der Waals surface area (Å²) in [6.07, 6.45) is 0. The monoisotopic (exact) mass is 492 g/mol. The lowest BCUT2D eigenvalue weighted by Crippen LogP contribution is -2.35. The molecule has 0 atom stereocenters. The summed E-state index contributed by atoms with van der Waals surface area (Å²) in [7, 11) is 0. The number of aromatic nitrogens is 2. The van der Waals surface area contributed by atoms with Crippen LogP contribution in [0, 0.1) is 20.8 Å². The molecule has 6 nitrogen and oxygen atoms in total. The van der Waals surface area contributed by atoms with Gasteiger partial charge in [0.1, 0.15) is 10.6 Å². The fourth-order valence-electron chi connectivity index (χ4n) is 3.88. The van der Waals surface area contributed by atoms with E-state index in [1.807, 2.05) is 75.1 Å². The zero-order valence-electron chi connectivity index (χ0n) is 19.5. The van der Waals surface area contributed by atoms with Crippen LogP contribution >= 0.6 is 23.4 Å². The molecule has 0 radical (unpaired) electrons. The van der Waals surface area contributed by atoms with E-state index in [0.29, 0.717) is 27.3 Å². The van der Waals surface area contributed by atoms with Crippen LogP contribution in [0.4, 0.5) is 5.69 Å². The Morgan fingerprint density at radius 2 is 1.62 bits per heavy atom. The van der Waals surface area contributed by atoms with Gasteiger partial charge in [-0.2, -0.15) is 0 Å². The van der Waals surface area contributed by atoms with Gasteiger partial charge in [0, 0.05) is 28.6 Å². The fraction of sp³-hybridized carbons (Fsp3) is 0.231. The van der Waals surface area contributed by atoms with Crippen LogP contribution in [0.2, 0.25) is 5.02 Å². The zero-order chi connectivity index (χ0) is 24.4. The van der Waals surface area contributed by atoms with Crippen molar-refractivity contribution in [2.45, 2.75) is 39.4 Å². The van der Waals surface area contributed by atoms with Crippen LogP contribution in [-0.4, -0.2) is 33.2 Å². The summed E-state index contributed by atoms with van der Waals surface area (Å²) in [6.45, 7) is 8.40. The summed E-state index contributed by atoms with van der Waals surface area (Å²) >= 11 is 7.15. The van der Waals surface area contributed by atoms with Crippen LogP contribution in [0.5, 0.6) is 0 Å². The van der Waals surface area contributed by atoms with Gasteiger partial charge in [0.15, 0.2) is 5.16 Å². The van der Waals surface area contributed by atoms with Gasteiger partial charge >= 0.3 is 0 Å². The lowest BCUT2D eigenvalue weighted by Gasteiger charge is -2.25. The number of carbonyl (C=O) groups is 2. The quantitative estimate of drug-likeness (QED) is 0.322. The first-order valence-electron chi connectivity index (χ1n) is 11.0. The van der Waals surface area contributed by atoms with E-state index in [2.05, 4.69) is 9.97 Å². The van der Waals surface area contributed by atoms with Crippen molar-refractivity contribution < 1.29 is 9.59 Å². The van der Waals surface area contributed by atoms with Gasteiger partial charge in [-0.15, -0.1) is 0 Å². The van der Waals surface area contributed by atoms with E-state index in [1.165, 1.54) is 4.90 Å². The van der Waals surface area contributed by atoms with Crippen LogP contribution in [0.15, 0.2) is 70.4 Å². The molecule has 0 fully saturated rings. The second-order valence-electron chi connectivity index (χ2n) is 8.12. The third kappa shape index (κ3) is 5.00. The molecular formula is C26H25ClN4O2S. The maximum atomic E-state index is 13.7. The number of hydrogen-bond acceptors (Lipinski definition) is 6. The van der Waals surface area contributed by atoms with Gasteiger partial charge in [0.25, 0.3) is 11.8 Å². The van der Waals surface area contributed by atoms with Gasteiger partial charge in [-0.3, -0.25) is 14.5 Å². The van der Waals surface area contributed by atoms with Crippen molar-refractivity contribution in [2.24, 2.45) is 0 Å². The first-order chi connectivity index (χ1) is 16.3. The summed E-state index contributed by atoms with van der Waals surface area (Å²) in [6, 6.07) is 16.9.